The van der Waals surface area contributed by atoms with Crippen LogP contribution in [0.25, 0.3) is 0 Å². The third-order valence-electron chi connectivity index (χ3n) is 2.36. The molecule has 1 unspecified atom stereocenters. The highest BCUT2D eigenvalue weighted by atomic mass is 16.4. The molecule has 80 valence electrons. The molecule has 0 aliphatic carbocycles. The number of allylic oxidation sites excluding steroid dienone is 1. The van der Waals surface area contributed by atoms with Crippen LogP contribution >= 0.6 is 0 Å². The average Bonchev–Trinajstić information content (AvgIpc) is 2.17. The van der Waals surface area contributed by atoms with Gasteiger partial charge in [0, 0.05) is 0 Å². The smallest absolute Gasteiger partial charge is 0.310 e. The van der Waals surface area contributed by atoms with Gasteiger partial charge in [0.15, 0.2) is 0 Å². The number of hydrogen-bond acceptors (Lipinski definition) is 1. The average molecular weight is 204 g/mol. The van der Waals surface area contributed by atoms with Gasteiger partial charge in [0.25, 0.3) is 0 Å². The summed E-state index contributed by atoms with van der Waals surface area (Å²) in [6, 6.07) is 7.67. The van der Waals surface area contributed by atoms with E-state index in [0.717, 1.165) is 17.6 Å². The zero-order valence-electron chi connectivity index (χ0n) is 9.16. The third-order valence-corrected chi connectivity index (χ3v) is 2.36. The minimum absolute atomic E-state index is 0.441. The number of carbonyl (C=O) groups is 1. The number of hydrogen-bond donors (Lipinski definition) is 1. The topological polar surface area (TPSA) is 37.3 Å². The van der Waals surface area contributed by atoms with Gasteiger partial charge in [0.05, 0.1) is 5.92 Å². The van der Waals surface area contributed by atoms with E-state index < -0.39 is 11.9 Å². The van der Waals surface area contributed by atoms with E-state index in [9.17, 15) is 4.79 Å². The SMILES string of the molecule is C=C(C)Cc1ccc(C(C)C(=O)O)cc1. The van der Waals surface area contributed by atoms with Crippen molar-refractivity contribution >= 4 is 5.97 Å². The molecular weight excluding hydrogens is 188 g/mol. The summed E-state index contributed by atoms with van der Waals surface area (Å²) in [7, 11) is 0. The maximum atomic E-state index is 10.7. The first kappa shape index (κ1) is 11.5. The zero-order valence-corrected chi connectivity index (χ0v) is 9.16. The van der Waals surface area contributed by atoms with Crippen LogP contribution < -0.4 is 0 Å². The monoisotopic (exact) mass is 204 g/mol. The van der Waals surface area contributed by atoms with Crippen LogP contribution in [0.2, 0.25) is 0 Å². The van der Waals surface area contributed by atoms with Gasteiger partial charge >= 0.3 is 5.97 Å². The van der Waals surface area contributed by atoms with Crippen molar-refractivity contribution in [2.45, 2.75) is 26.2 Å². The van der Waals surface area contributed by atoms with Gasteiger partial charge in [-0.15, -0.1) is 0 Å². The highest BCUT2D eigenvalue weighted by molar-refractivity contribution is 5.75. The van der Waals surface area contributed by atoms with E-state index in [0.29, 0.717) is 0 Å². The first-order chi connectivity index (χ1) is 7.00. The maximum absolute atomic E-state index is 10.7. The highest BCUT2D eigenvalue weighted by Crippen LogP contribution is 2.17. The minimum Gasteiger partial charge on any atom is -0.481 e. The van der Waals surface area contributed by atoms with Crippen molar-refractivity contribution < 1.29 is 9.90 Å². The summed E-state index contributed by atoms with van der Waals surface area (Å²) in [5.41, 5.74) is 3.12. The lowest BCUT2D eigenvalue weighted by Gasteiger charge is -2.07. The van der Waals surface area contributed by atoms with Crippen molar-refractivity contribution in [3.05, 3.63) is 47.5 Å². The second-order valence-corrected chi connectivity index (χ2v) is 3.94. The van der Waals surface area contributed by atoms with Crippen LogP contribution in [0.5, 0.6) is 0 Å². The zero-order chi connectivity index (χ0) is 11.4. The van der Waals surface area contributed by atoms with E-state index in [-0.39, 0.29) is 0 Å². The molecule has 1 aromatic rings. The fourth-order valence-corrected chi connectivity index (χ4v) is 1.42. The molecule has 1 rings (SSSR count). The van der Waals surface area contributed by atoms with Crippen molar-refractivity contribution in [2.75, 3.05) is 0 Å². The molecule has 2 nitrogen and oxygen atoms in total. The van der Waals surface area contributed by atoms with Crippen molar-refractivity contribution in [3.63, 3.8) is 0 Å². The van der Waals surface area contributed by atoms with Gasteiger partial charge in [-0.3, -0.25) is 4.79 Å². The first-order valence-electron chi connectivity index (χ1n) is 4.96. The Labute approximate surface area is 90.3 Å². The molecule has 2 heteroatoms. The lowest BCUT2D eigenvalue weighted by atomic mass is 9.98. The number of carboxylic acid groups (broad SMARTS) is 1. The fourth-order valence-electron chi connectivity index (χ4n) is 1.42. The Balaban J connectivity index is 2.80. The molecule has 0 amide bonds. The summed E-state index contributed by atoms with van der Waals surface area (Å²) in [5, 5.41) is 8.84. The maximum Gasteiger partial charge on any atom is 0.310 e. The van der Waals surface area contributed by atoms with E-state index in [1.807, 2.05) is 31.2 Å². The molecule has 0 aliphatic rings. The summed E-state index contributed by atoms with van der Waals surface area (Å²) in [4.78, 5) is 10.7. The number of benzene rings is 1. The third kappa shape index (κ3) is 3.24. The van der Waals surface area contributed by atoms with E-state index >= 15 is 0 Å². The van der Waals surface area contributed by atoms with Gasteiger partial charge in [-0.05, 0) is 31.4 Å². The quantitative estimate of drug-likeness (QED) is 0.765. The van der Waals surface area contributed by atoms with Crippen molar-refractivity contribution in [1.29, 1.82) is 0 Å². The van der Waals surface area contributed by atoms with Gasteiger partial charge in [-0.25, -0.2) is 0 Å². The Morgan fingerprint density at radius 3 is 2.33 bits per heavy atom. The largest absolute Gasteiger partial charge is 0.481 e. The molecule has 15 heavy (non-hydrogen) atoms. The number of carboxylic acids is 1. The van der Waals surface area contributed by atoms with Crippen LogP contribution in [0.3, 0.4) is 0 Å². The molecule has 1 aromatic carbocycles. The van der Waals surface area contributed by atoms with Gasteiger partial charge in [0.1, 0.15) is 0 Å². The normalized spacial score (nSPS) is 12.1. The molecule has 0 aromatic heterocycles. The molecule has 1 atom stereocenters. The molecule has 0 bridgehead atoms. The molecule has 0 heterocycles. The highest BCUT2D eigenvalue weighted by Gasteiger charge is 2.12. The van der Waals surface area contributed by atoms with E-state index in [1.54, 1.807) is 6.92 Å². The molecule has 0 aliphatic heterocycles. The van der Waals surface area contributed by atoms with Crippen LogP contribution in [0, 0.1) is 0 Å². The first-order valence-corrected chi connectivity index (χ1v) is 4.96. The summed E-state index contributed by atoms with van der Waals surface area (Å²) >= 11 is 0. The molecule has 1 N–H and O–H groups in total. The predicted molar refractivity (Wildman–Crippen MR) is 61.0 cm³/mol. The summed E-state index contributed by atoms with van der Waals surface area (Å²) in [6.07, 6.45) is 0.849. The Hall–Kier alpha value is -1.57. The van der Waals surface area contributed by atoms with E-state index in [2.05, 4.69) is 6.58 Å². The van der Waals surface area contributed by atoms with E-state index in [4.69, 9.17) is 5.11 Å². The number of aliphatic carboxylic acids is 1. The molecule has 0 saturated carbocycles. The summed E-state index contributed by atoms with van der Waals surface area (Å²) in [6.45, 7) is 7.51. The van der Waals surface area contributed by atoms with Crippen molar-refractivity contribution in [3.8, 4) is 0 Å². The fraction of sp³-hybridized carbons (Fsp3) is 0.308. The molecule has 0 fully saturated rings. The van der Waals surface area contributed by atoms with Crippen molar-refractivity contribution in [2.24, 2.45) is 0 Å². The Morgan fingerprint density at radius 1 is 1.40 bits per heavy atom. The van der Waals surface area contributed by atoms with Crippen LogP contribution in [-0.2, 0) is 11.2 Å². The summed E-state index contributed by atoms with van der Waals surface area (Å²) < 4.78 is 0. The molecule has 0 spiro atoms. The van der Waals surface area contributed by atoms with Gasteiger partial charge in [-0.2, -0.15) is 0 Å². The van der Waals surface area contributed by atoms with Crippen LogP contribution in [-0.4, -0.2) is 11.1 Å². The predicted octanol–water partition coefficient (Wildman–Crippen LogP) is 2.99. The van der Waals surface area contributed by atoms with Gasteiger partial charge < -0.3 is 5.11 Å². The van der Waals surface area contributed by atoms with Crippen molar-refractivity contribution in [1.82, 2.24) is 0 Å². The van der Waals surface area contributed by atoms with Gasteiger partial charge in [-0.1, -0.05) is 36.4 Å². The van der Waals surface area contributed by atoms with Crippen LogP contribution in [0.4, 0.5) is 0 Å². The van der Waals surface area contributed by atoms with Crippen LogP contribution in [0.15, 0.2) is 36.4 Å². The minimum atomic E-state index is -0.789. The van der Waals surface area contributed by atoms with Gasteiger partial charge in [0.2, 0.25) is 0 Å². The lowest BCUT2D eigenvalue weighted by molar-refractivity contribution is -0.138. The van der Waals surface area contributed by atoms with E-state index in [1.165, 1.54) is 5.56 Å². The van der Waals surface area contributed by atoms with Crippen LogP contribution in [0.1, 0.15) is 30.9 Å². The Kier molecular flexibility index (Phi) is 3.67. The second kappa shape index (κ2) is 4.78. The lowest BCUT2D eigenvalue weighted by Crippen LogP contribution is -2.07. The standard InChI is InChI=1S/C13H16O2/c1-9(2)8-11-4-6-12(7-5-11)10(3)13(14)15/h4-7,10H,1,8H2,2-3H3,(H,14,15). The second-order valence-electron chi connectivity index (χ2n) is 3.94. The molecular formula is C13H16O2. The molecule has 0 saturated heterocycles. The Morgan fingerprint density at radius 2 is 1.93 bits per heavy atom. The number of rotatable bonds is 4. The summed E-state index contributed by atoms with van der Waals surface area (Å²) in [5.74, 6) is -1.23. The molecule has 0 radical (unpaired) electrons. The Bertz CT molecular complexity index is 363.